The summed E-state index contributed by atoms with van der Waals surface area (Å²) in [5.74, 6) is -0.936. The van der Waals surface area contributed by atoms with Crippen LogP contribution < -0.4 is 0 Å². The van der Waals surface area contributed by atoms with Gasteiger partial charge >= 0.3 is 5.97 Å². The first-order chi connectivity index (χ1) is 10.1. The molecule has 5 nitrogen and oxygen atoms in total. The summed E-state index contributed by atoms with van der Waals surface area (Å²) in [6.07, 6.45) is 5.31. The molecule has 0 saturated carbocycles. The largest absolute Gasteiger partial charge is 0.478 e. The van der Waals surface area contributed by atoms with Crippen LogP contribution in [0.25, 0.3) is 5.69 Å². The number of rotatable bonds is 4. The van der Waals surface area contributed by atoms with E-state index in [2.05, 4.69) is 21.0 Å². The van der Waals surface area contributed by atoms with Crippen molar-refractivity contribution in [3.05, 3.63) is 70.7 Å². The summed E-state index contributed by atoms with van der Waals surface area (Å²) in [6, 6.07) is 11.4. The van der Waals surface area contributed by atoms with Gasteiger partial charge in [-0.25, -0.2) is 9.48 Å². The monoisotopic (exact) mass is 345 g/mol. The van der Waals surface area contributed by atoms with Crippen molar-refractivity contribution in [1.29, 1.82) is 0 Å². The summed E-state index contributed by atoms with van der Waals surface area (Å²) in [5, 5.41) is 13.3. The molecule has 0 radical (unpaired) electrons. The highest BCUT2D eigenvalue weighted by atomic mass is 79.9. The molecule has 1 aromatic carbocycles. The van der Waals surface area contributed by atoms with Crippen molar-refractivity contribution in [3.63, 3.8) is 0 Å². The molecular formula is C15H12BrN3O2. The van der Waals surface area contributed by atoms with Gasteiger partial charge in [-0.15, -0.1) is 0 Å². The van der Waals surface area contributed by atoms with Gasteiger partial charge in [0.15, 0.2) is 0 Å². The Morgan fingerprint density at radius 1 is 1.24 bits per heavy atom. The molecule has 0 atom stereocenters. The van der Waals surface area contributed by atoms with E-state index in [-0.39, 0.29) is 5.56 Å². The van der Waals surface area contributed by atoms with E-state index in [1.165, 1.54) is 0 Å². The van der Waals surface area contributed by atoms with E-state index >= 15 is 0 Å². The lowest BCUT2D eigenvalue weighted by molar-refractivity contribution is 0.0697. The third-order valence-corrected chi connectivity index (χ3v) is 3.79. The maximum absolute atomic E-state index is 11.0. The Morgan fingerprint density at radius 2 is 2.00 bits per heavy atom. The predicted molar refractivity (Wildman–Crippen MR) is 81.8 cm³/mol. The van der Waals surface area contributed by atoms with Crippen LogP contribution in [0.15, 0.2) is 59.6 Å². The van der Waals surface area contributed by atoms with Crippen LogP contribution in [0.1, 0.15) is 15.9 Å². The molecule has 0 aliphatic heterocycles. The number of hydrogen-bond acceptors (Lipinski definition) is 2. The Bertz CT molecular complexity index is 777. The maximum atomic E-state index is 11.0. The Kier molecular flexibility index (Phi) is 3.62. The Balaban J connectivity index is 1.83. The summed E-state index contributed by atoms with van der Waals surface area (Å²) in [5.41, 5.74) is 2.24. The SMILES string of the molecule is O=C(O)c1cc(Br)n(Cc2cnn(-c3ccccc3)c2)c1. The van der Waals surface area contributed by atoms with Gasteiger partial charge in [-0.3, -0.25) is 0 Å². The van der Waals surface area contributed by atoms with Crippen molar-refractivity contribution in [2.75, 3.05) is 0 Å². The fourth-order valence-corrected chi connectivity index (χ4v) is 2.55. The summed E-state index contributed by atoms with van der Waals surface area (Å²) >= 11 is 3.37. The molecule has 6 heteroatoms. The molecule has 0 fully saturated rings. The number of carbonyl (C=O) groups is 1. The summed E-state index contributed by atoms with van der Waals surface area (Å²) in [4.78, 5) is 11.0. The van der Waals surface area contributed by atoms with Crippen molar-refractivity contribution >= 4 is 21.9 Å². The quantitative estimate of drug-likeness (QED) is 0.789. The van der Waals surface area contributed by atoms with Gasteiger partial charge in [-0.1, -0.05) is 18.2 Å². The summed E-state index contributed by atoms with van der Waals surface area (Å²) < 4.78 is 4.35. The second-order valence-electron chi connectivity index (χ2n) is 4.61. The summed E-state index contributed by atoms with van der Waals surface area (Å²) in [6.45, 7) is 0.556. The molecule has 1 N–H and O–H groups in total. The lowest BCUT2D eigenvalue weighted by atomic mass is 10.3. The summed E-state index contributed by atoms with van der Waals surface area (Å²) in [7, 11) is 0. The zero-order valence-electron chi connectivity index (χ0n) is 11.0. The van der Waals surface area contributed by atoms with E-state index in [9.17, 15) is 4.79 Å². The van der Waals surface area contributed by atoms with E-state index in [4.69, 9.17) is 5.11 Å². The second-order valence-corrected chi connectivity index (χ2v) is 5.43. The van der Waals surface area contributed by atoms with E-state index in [1.807, 2.05) is 41.1 Å². The average molecular weight is 346 g/mol. The molecular weight excluding hydrogens is 334 g/mol. The van der Waals surface area contributed by atoms with Gasteiger partial charge in [0.2, 0.25) is 0 Å². The molecule has 0 aliphatic rings. The standard InChI is InChI=1S/C15H12BrN3O2/c16-14-6-12(15(20)21)10-18(14)8-11-7-17-19(9-11)13-4-2-1-3-5-13/h1-7,9-10H,8H2,(H,20,21). The minimum absolute atomic E-state index is 0.261. The molecule has 0 bridgehead atoms. The number of carboxylic acid groups (broad SMARTS) is 1. The van der Waals surface area contributed by atoms with Crippen molar-refractivity contribution in [2.45, 2.75) is 6.54 Å². The molecule has 0 aliphatic carbocycles. The average Bonchev–Trinajstić information content (AvgIpc) is 3.08. The molecule has 106 valence electrons. The molecule has 2 aromatic heterocycles. The van der Waals surface area contributed by atoms with Crippen LogP contribution in [0.3, 0.4) is 0 Å². The lowest BCUT2D eigenvalue weighted by Crippen LogP contribution is -1.98. The first-order valence-electron chi connectivity index (χ1n) is 6.31. The minimum atomic E-state index is -0.936. The van der Waals surface area contributed by atoms with Crippen LogP contribution in [-0.4, -0.2) is 25.4 Å². The fourth-order valence-electron chi connectivity index (χ4n) is 2.08. The molecule has 2 heterocycles. The molecule has 21 heavy (non-hydrogen) atoms. The minimum Gasteiger partial charge on any atom is -0.478 e. The Hall–Kier alpha value is -2.34. The van der Waals surface area contributed by atoms with Gasteiger partial charge < -0.3 is 9.67 Å². The highest BCUT2D eigenvalue weighted by Crippen LogP contribution is 2.18. The van der Waals surface area contributed by atoms with Gasteiger partial charge in [0.1, 0.15) is 0 Å². The molecule has 3 aromatic rings. The van der Waals surface area contributed by atoms with Crippen molar-refractivity contribution in [1.82, 2.24) is 14.3 Å². The van der Waals surface area contributed by atoms with Crippen LogP contribution in [0.2, 0.25) is 0 Å². The topological polar surface area (TPSA) is 60.0 Å². The van der Waals surface area contributed by atoms with Crippen molar-refractivity contribution < 1.29 is 9.90 Å². The second kappa shape index (κ2) is 5.57. The number of para-hydroxylation sites is 1. The van der Waals surface area contributed by atoms with Crippen molar-refractivity contribution in [2.24, 2.45) is 0 Å². The molecule has 0 spiro atoms. The van der Waals surface area contributed by atoms with Gasteiger partial charge in [0, 0.05) is 18.0 Å². The molecule has 3 rings (SSSR count). The van der Waals surface area contributed by atoms with Crippen LogP contribution in [0, 0.1) is 0 Å². The first kappa shape index (κ1) is 13.6. The van der Waals surface area contributed by atoms with E-state index < -0.39 is 5.97 Å². The maximum Gasteiger partial charge on any atom is 0.337 e. The van der Waals surface area contributed by atoms with Crippen molar-refractivity contribution in [3.8, 4) is 5.69 Å². The smallest absolute Gasteiger partial charge is 0.337 e. The van der Waals surface area contributed by atoms with E-state index in [1.54, 1.807) is 23.1 Å². The lowest BCUT2D eigenvalue weighted by Gasteiger charge is -2.02. The third kappa shape index (κ3) is 2.90. The third-order valence-electron chi connectivity index (χ3n) is 3.10. The van der Waals surface area contributed by atoms with Crippen LogP contribution in [0.4, 0.5) is 0 Å². The van der Waals surface area contributed by atoms with E-state index in [0.717, 1.165) is 15.9 Å². The van der Waals surface area contributed by atoms with Gasteiger partial charge in [0.25, 0.3) is 0 Å². The molecule has 0 unspecified atom stereocenters. The van der Waals surface area contributed by atoms with Crippen LogP contribution >= 0.6 is 15.9 Å². The number of aromatic nitrogens is 3. The van der Waals surface area contributed by atoms with Gasteiger partial charge in [0.05, 0.1) is 28.6 Å². The number of hydrogen-bond donors (Lipinski definition) is 1. The zero-order chi connectivity index (χ0) is 14.8. The van der Waals surface area contributed by atoms with Gasteiger partial charge in [-0.2, -0.15) is 5.10 Å². The van der Waals surface area contributed by atoms with Gasteiger partial charge in [-0.05, 0) is 34.1 Å². The predicted octanol–water partition coefficient (Wildman–Crippen LogP) is 3.18. The normalized spacial score (nSPS) is 10.7. The van der Waals surface area contributed by atoms with Crippen LogP contribution in [0.5, 0.6) is 0 Å². The van der Waals surface area contributed by atoms with Crippen LogP contribution in [-0.2, 0) is 6.54 Å². The highest BCUT2D eigenvalue weighted by Gasteiger charge is 2.10. The first-order valence-corrected chi connectivity index (χ1v) is 7.11. The highest BCUT2D eigenvalue weighted by molar-refractivity contribution is 9.10. The Labute approximate surface area is 129 Å². The number of carboxylic acids is 1. The number of benzene rings is 1. The number of nitrogens with zero attached hydrogens (tertiary/aromatic N) is 3. The van der Waals surface area contributed by atoms with E-state index in [0.29, 0.717) is 6.54 Å². The molecule has 0 saturated heterocycles. The fraction of sp³-hybridized carbons (Fsp3) is 0.0667. The Morgan fingerprint density at radius 3 is 2.67 bits per heavy atom. The molecule has 0 amide bonds. The zero-order valence-corrected chi connectivity index (χ0v) is 12.6. The number of aromatic carboxylic acids is 1. The number of halogens is 1.